The number of fused-ring (bicyclic) bond motifs is 1. The van der Waals surface area contributed by atoms with Gasteiger partial charge < -0.3 is 19.5 Å². The lowest BCUT2D eigenvalue weighted by Gasteiger charge is -2.33. The number of hydrogen-bond donors (Lipinski definition) is 1. The van der Waals surface area contributed by atoms with Gasteiger partial charge in [0, 0.05) is 37.8 Å². The van der Waals surface area contributed by atoms with E-state index in [0.29, 0.717) is 30.4 Å². The van der Waals surface area contributed by atoms with Gasteiger partial charge in [-0.25, -0.2) is 14.8 Å². The summed E-state index contributed by atoms with van der Waals surface area (Å²) in [6, 6.07) is 1.80. The van der Waals surface area contributed by atoms with Crippen molar-refractivity contribution in [3.05, 3.63) is 29.3 Å². The molecule has 32 heavy (non-hydrogen) atoms. The number of piperidine rings is 1. The highest BCUT2D eigenvalue weighted by molar-refractivity contribution is 6.33. The molecule has 2 aliphatic heterocycles. The Morgan fingerprint density at radius 1 is 1.16 bits per heavy atom. The van der Waals surface area contributed by atoms with Crippen LogP contribution in [0.15, 0.2) is 18.5 Å². The van der Waals surface area contributed by atoms with Crippen LogP contribution >= 0.6 is 11.6 Å². The van der Waals surface area contributed by atoms with E-state index < -0.39 is 5.60 Å². The number of anilines is 1. The molecule has 1 N–H and O–H groups in total. The second-order valence-corrected chi connectivity index (χ2v) is 9.88. The van der Waals surface area contributed by atoms with E-state index in [9.17, 15) is 9.59 Å². The van der Waals surface area contributed by atoms with Gasteiger partial charge >= 0.3 is 6.09 Å². The monoisotopic (exact) mass is 459 g/mol. The van der Waals surface area contributed by atoms with Crippen molar-refractivity contribution in [2.24, 2.45) is 5.92 Å². The molecule has 0 aromatic carbocycles. The number of halogens is 1. The average molecular weight is 460 g/mol. The maximum absolute atomic E-state index is 13.0. The number of amides is 2. The van der Waals surface area contributed by atoms with Gasteiger partial charge in [-0.05, 0) is 52.5 Å². The zero-order valence-corrected chi connectivity index (χ0v) is 19.6. The summed E-state index contributed by atoms with van der Waals surface area (Å²) >= 11 is 6.45. The summed E-state index contributed by atoms with van der Waals surface area (Å²) in [5.41, 5.74) is 1.18. The van der Waals surface area contributed by atoms with Crippen LogP contribution in [0.3, 0.4) is 0 Å². The van der Waals surface area contributed by atoms with Crippen LogP contribution in [0, 0.1) is 5.92 Å². The minimum absolute atomic E-state index is 0.158. The molecule has 4 heterocycles. The Morgan fingerprint density at radius 3 is 2.75 bits per heavy atom. The van der Waals surface area contributed by atoms with Gasteiger partial charge in [0.1, 0.15) is 17.2 Å². The first-order valence-corrected chi connectivity index (χ1v) is 11.6. The van der Waals surface area contributed by atoms with E-state index in [2.05, 4.69) is 19.9 Å². The molecule has 0 radical (unpaired) electrons. The molecular weight excluding hydrogens is 430 g/mol. The van der Waals surface area contributed by atoms with Crippen LogP contribution in [0.2, 0.25) is 5.02 Å². The minimum Gasteiger partial charge on any atom is -0.444 e. The van der Waals surface area contributed by atoms with E-state index in [4.69, 9.17) is 16.3 Å². The van der Waals surface area contributed by atoms with Crippen LogP contribution in [0.25, 0.3) is 11.3 Å². The van der Waals surface area contributed by atoms with Crippen molar-refractivity contribution in [3.8, 4) is 11.3 Å². The third-order valence-electron chi connectivity index (χ3n) is 5.80. The normalized spacial score (nSPS) is 18.8. The molecule has 0 aliphatic carbocycles. The van der Waals surface area contributed by atoms with Crippen molar-refractivity contribution in [2.45, 2.75) is 65.0 Å². The Bertz CT molecular complexity index is 1010. The van der Waals surface area contributed by atoms with Gasteiger partial charge in [-0.15, -0.1) is 0 Å². The lowest BCUT2D eigenvalue weighted by Crippen LogP contribution is -2.45. The van der Waals surface area contributed by atoms with Gasteiger partial charge in [0.05, 0.1) is 22.8 Å². The molecule has 1 atom stereocenters. The topological polar surface area (TPSA) is 89.4 Å². The summed E-state index contributed by atoms with van der Waals surface area (Å²) in [4.78, 5) is 35.8. The van der Waals surface area contributed by atoms with Crippen LogP contribution in [-0.2, 0) is 22.5 Å². The largest absolute Gasteiger partial charge is 0.444 e. The van der Waals surface area contributed by atoms with Gasteiger partial charge in [0.15, 0.2) is 0 Å². The molecule has 2 aliphatic rings. The van der Waals surface area contributed by atoms with Crippen molar-refractivity contribution < 1.29 is 14.3 Å². The van der Waals surface area contributed by atoms with E-state index >= 15 is 0 Å². The zero-order chi connectivity index (χ0) is 22.9. The van der Waals surface area contributed by atoms with Crippen LogP contribution in [0.5, 0.6) is 0 Å². The Hall–Kier alpha value is -2.61. The number of imidazole rings is 1. The fraction of sp³-hybridized carbons (Fsp3) is 0.565. The number of aryl methyl sites for hydroxylation is 1. The summed E-state index contributed by atoms with van der Waals surface area (Å²) in [6.45, 7) is 7.33. The molecule has 2 amide bonds. The predicted molar refractivity (Wildman–Crippen MR) is 123 cm³/mol. The third-order valence-corrected chi connectivity index (χ3v) is 6.10. The number of nitrogens with one attached hydrogen (secondary N) is 1. The quantitative estimate of drug-likeness (QED) is 0.728. The molecular formula is C23H30ClN5O3. The van der Waals surface area contributed by atoms with E-state index in [1.54, 1.807) is 17.2 Å². The summed E-state index contributed by atoms with van der Waals surface area (Å²) in [5.74, 6) is 1.03. The van der Waals surface area contributed by atoms with Gasteiger partial charge in [-0.1, -0.05) is 11.6 Å². The number of aromatic nitrogens is 3. The number of rotatable bonds is 3. The van der Waals surface area contributed by atoms with Gasteiger partial charge in [-0.3, -0.25) is 4.79 Å². The highest BCUT2D eigenvalue weighted by atomic mass is 35.5. The molecule has 8 nitrogen and oxygen atoms in total. The predicted octanol–water partition coefficient (Wildman–Crippen LogP) is 4.52. The number of likely N-dealkylation sites (tertiary alicyclic amines) is 1. The van der Waals surface area contributed by atoms with E-state index in [-0.39, 0.29) is 17.9 Å². The molecule has 2 aromatic heterocycles. The molecule has 2 aromatic rings. The number of pyridine rings is 1. The molecule has 0 saturated carbocycles. The fourth-order valence-electron chi connectivity index (χ4n) is 4.25. The highest BCUT2D eigenvalue weighted by Gasteiger charge is 2.31. The Balaban J connectivity index is 1.46. The number of nitrogens with zero attached hydrogens (tertiary/aromatic N) is 4. The molecule has 1 unspecified atom stereocenters. The first-order valence-electron chi connectivity index (χ1n) is 11.2. The smallest absolute Gasteiger partial charge is 0.410 e. The first-order chi connectivity index (χ1) is 15.2. The second-order valence-electron chi connectivity index (χ2n) is 9.47. The SMILES string of the molecule is CC(C)(C)OC(=O)N1CCCC(C(=O)Nc2cc(-c3cnc4n3CCCC4)c(Cl)cn2)C1. The van der Waals surface area contributed by atoms with Crippen LogP contribution in [-0.4, -0.2) is 50.1 Å². The molecule has 0 bridgehead atoms. The highest BCUT2D eigenvalue weighted by Crippen LogP contribution is 2.32. The lowest BCUT2D eigenvalue weighted by molar-refractivity contribution is -0.121. The van der Waals surface area contributed by atoms with Crippen LogP contribution in [0.4, 0.5) is 10.6 Å². The first kappa shape index (κ1) is 22.6. The van der Waals surface area contributed by atoms with Crippen molar-refractivity contribution in [3.63, 3.8) is 0 Å². The fourth-order valence-corrected chi connectivity index (χ4v) is 4.45. The standard InChI is InChI=1S/C23H30ClN5O3/c1-23(2,3)32-22(31)28-9-6-7-15(14-28)21(30)27-19-11-16(17(24)12-25-19)18-13-26-20-8-4-5-10-29(18)20/h11-13,15H,4-10,14H2,1-3H3,(H,25,27,30). The second kappa shape index (κ2) is 9.10. The van der Waals surface area contributed by atoms with Crippen molar-refractivity contribution in [1.29, 1.82) is 0 Å². The molecule has 172 valence electrons. The van der Waals surface area contributed by atoms with Crippen LogP contribution < -0.4 is 5.32 Å². The van der Waals surface area contributed by atoms with Crippen molar-refractivity contribution in [1.82, 2.24) is 19.4 Å². The van der Waals surface area contributed by atoms with Gasteiger partial charge in [0.2, 0.25) is 5.91 Å². The van der Waals surface area contributed by atoms with E-state index in [1.165, 1.54) is 0 Å². The van der Waals surface area contributed by atoms with E-state index in [1.807, 2.05) is 27.0 Å². The zero-order valence-electron chi connectivity index (χ0n) is 18.9. The van der Waals surface area contributed by atoms with Crippen molar-refractivity contribution in [2.75, 3.05) is 18.4 Å². The summed E-state index contributed by atoms with van der Waals surface area (Å²) < 4.78 is 7.65. The Kier molecular flexibility index (Phi) is 6.42. The lowest BCUT2D eigenvalue weighted by atomic mass is 9.97. The summed E-state index contributed by atoms with van der Waals surface area (Å²) in [6.07, 6.45) is 7.69. The summed E-state index contributed by atoms with van der Waals surface area (Å²) in [7, 11) is 0. The average Bonchev–Trinajstić information content (AvgIpc) is 3.18. The number of ether oxygens (including phenoxy) is 1. The van der Waals surface area contributed by atoms with Crippen molar-refractivity contribution >= 4 is 29.4 Å². The molecule has 0 spiro atoms. The molecule has 1 saturated heterocycles. The molecule has 1 fully saturated rings. The molecule has 9 heteroatoms. The maximum Gasteiger partial charge on any atom is 0.410 e. The number of hydrogen-bond acceptors (Lipinski definition) is 5. The van der Waals surface area contributed by atoms with E-state index in [0.717, 1.165) is 49.3 Å². The minimum atomic E-state index is -0.567. The Labute approximate surface area is 193 Å². The summed E-state index contributed by atoms with van der Waals surface area (Å²) in [5, 5.41) is 3.43. The molecule has 4 rings (SSSR count). The number of carbonyl (C=O) groups is 2. The van der Waals surface area contributed by atoms with Crippen LogP contribution in [0.1, 0.15) is 52.3 Å². The van der Waals surface area contributed by atoms with Gasteiger partial charge in [0.25, 0.3) is 0 Å². The van der Waals surface area contributed by atoms with Gasteiger partial charge in [-0.2, -0.15) is 0 Å². The third kappa shape index (κ3) is 5.06. The maximum atomic E-state index is 13.0. The Morgan fingerprint density at radius 2 is 1.97 bits per heavy atom. The number of carbonyl (C=O) groups excluding carboxylic acids is 2.